The van der Waals surface area contributed by atoms with Crippen LogP contribution in [0.15, 0.2) is 83.8 Å². The molecule has 0 aliphatic carbocycles. The molecule has 0 saturated heterocycles. The maximum atomic E-state index is 12.2. The van der Waals surface area contributed by atoms with Crippen LogP contribution >= 0.6 is 11.8 Å². The van der Waals surface area contributed by atoms with Crippen LogP contribution in [0.4, 0.5) is 5.69 Å². The number of hydrogen-bond acceptors (Lipinski definition) is 2. The highest BCUT2D eigenvalue weighted by molar-refractivity contribution is 7.98. The second kappa shape index (κ2) is 7.84. The monoisotopic (exact) mass is 333 g/mol. The molecule has 3 heteroatoms. The molecule has 0 heterocycles. The number of nitrogens with one attached hydrogen (secondary N) is 1. The van der Waals surface area contributed by atoms with Crippen molar-refractivity contribution >= 4 is 23.4 Å². The molecule has 3 aromatic carbocycles. The highest BCUT2D eigenvalue weighted by Gasteiger charge is 2.05. The summed E-state index contributed by atoms with van der Waals surface area (Å²) in [7, 11) is 0. The van der Waals surface area contributed by atoms with Crippen LogP contribution in [0.25, 0.3) is 0 Å². The Morgan fingerprint density at radius 2 is 1.54 bits per heavy atom. The molecule has 0 radical (unpaired) electrons. The first-order valence-corrected chi connectivity index (χ1v) is 8.84. The number of amides is 1. The van der Waals surface area contributed by atoms with Gasteiger partial charge in [0.1, 0.15) is 0 Å². The van der Waals surface area contributed by atoms with E-state index in [9.17, 15) is 4.79 Å². The molecule has 0 atom stereocenters. The van der Waals surface area contributed by atoms with E-state index in [1.165, 1.54) is 10.5 Å². The fourth-order valence-electron chi connectivity index (χ4n) is 2.28. The molecule has 24 heavy (non-hydrogen) atoms. The molecule has 0 fully saturated rings. The third-order valence-corrected chi connectivity index (χ3v) is 4.76. The Bertz CT molecular complexity index is 796. The summed E-state index contributed by atoms with van der Waals surface area (Å²) < 4.78 is 0. The van der Waals surface area contributed by atoms with E-state index in [2.05, 4.69) is 29.6 Å². The van der Waals surface area contributed by atoms with E-state index >= 15 is 0 Å². The number of hydrogen-bond donors (Lipinski definition) is 1. The molecule has 0 bridgehead atoms. The summed E-state index contributed by atoms with van der Waals surface area (Å²) in [6.45, 7) is 2.01. The van der Waals surface area contributed by atoms with Gasteiger partial charge >= 0.3 is 0 Å². The van der Waals surface area contributed by atoms with Gasteiger partial charge in [0, 0.05) is 21.9 Å². The molecular formula is C21H19NOS. The summed E-state index contributed by atoms with van der Waals surface area (Å²) in [6, 6.07) is 25.9. The van der Waals surface area contributed by atoms with Gasteiger partial charge in [0.2, 0.25) is 0 Å². The van der Waals surface area contributed by atoms with Crippen LogP contribution in [-0.2, 0) is 5.75 Å². The quantitative estimate of drug-likeness (QED) is 0.621. The lowest BCUT2D eigenvalue weighted by atomic mass is 10.1. The summed E-state index contributed by atoms with van der Waals surface area (Å²) >= 11 is 1.80. The Morgan fingerprint density at radius 3 is 2.21 bits per heavy atom. The maximum Gasteiger partial charge on any atom is 0.255 e. The molecule has 0 aliphatic heterocycles. The number of aryl methyl sites for hydroxylation is 1. The topological polar surface area (TPSA) is 29.1 Å². The van der Waals surface area contributed by atoms with Gasteiger partial charge in [-0.3, -0.25) is 4.79 Å². The lowest BCUT2D eigenvalue weighted by molar-refractivity contribution is 0.102. The van der Waals surface area contributed by atoms with E-state index in [0.717, 1.165) is 17.0 Å². The van der Waals surface area contributed by atoms with Crippen LogP contribution in [-0.4, -0.2) is 5.91 Å². The van der Waals surface area contributed by atoms with E-state index < -0.39 is 0 Å². The van der Waals surface area contributed by atoms with Gasteiger partial charge in [-0.15, -0.1) is 11.8 Å². The van der Waals surface area contributed by atoms with Crippen molar-refractivity contribution in [2.24, 2.45) is 0 Å². The number of anilines is 1. The molecule has 1 N–H and O–H groups in total. The molecule has 1 amide bonds. The molecule has 3 rings (SSSR count). The summed E-state index contributed by atoms with van der Waals surface area (Å²) in [5.41, 5.74) is 3.86. The predicted octanol–water partition coefficient (Wildman–Crippen LogP) is 5.54. The van der Waals surface area contributed by atoms with Crippen LogP contribution in [0.3, 0.4) is 0 Å². The van der Waals surface area contributed by atoms with Gasteiger partial charge < -0.3 is 5.32 Å². The summed E-state index contributed by atoms with van der Waals surface area (Å²) in [4.78, 5) is 13.5. The van der Waals surface area contributed by atoms with E-state index in [4.69, 9.17) is 0 Å². The van der Waals surface area contributed by atoms with Crippen LogP contribution in [0.5, 0.6) is 0 Å². The Hall–Kier alpha value is -2.52. The van der Waals surface area contributed by atoms with Gasteiger partial charge in [-0.25, -0.2) is 0 Å². The van der Waals surface area contributed by atoms with E-state index in [1.54, 1.807) is 11.8 Å². The zero-order valence-electron chi connectivity index (χ0n) is 13.5. The van der Waals surface area contributed by atoms with Gasteiger partial charge in [-0.1, -0.05) is 48.0 Å². The number of rotatable bonds is 5. The largest absolute Gasteiger partial charge is 0.322 e. The normalized spacial score (nSPS) is 10.4. The fraction of sp³-hybridized carbons (Fsp3) is 0.0952. The van der Waals surface area contributed by atoms with Crippen molar-refractivity contribution in [1.82, 2.24) is 0 Å². The Morgan fingerprint density at radius 1 is 0.875 bits per heavy atom. The van der Waals surface area contributed by atoms with E-state index in [1.807, 2.05) is 61.5 Å². The van der Waals surface area contributed by atoms with Crippen molar-refractivity contribution in [3.8, 4) is 0 Å². The van der Waals surface area contributed by atoms with Gasteiger partial charge in [0.25, 0.3) is 5.91 Å². The molecule has 120 valence electrons. The number of carbonyl (C=O) groups is 1. The lowest BCUT2D eigenvalue weighted by Crippen LogP contribution is -2.11. The van der Waals surface area contributed by atoms with Crippen molar-refractivity contribution in [3.05, 3.63) is 95.6 Å². The highest BCUT2D eigenvalue weighted by Crippen LogP contribution is 2.23. The number of thioether (sulfide) groups is 1. The average Bonchev–Trinajstić information content (AvgIpc) is 2.62. The summed E-state index contributed by atoms with van der Waals surface area (Å²) in [5.74, 6) is 0.831. The van der Waals surface area contributed by atoms with Gasteiger partial charge in [0.15, 0.2) is 0 Å². The van der Waals surface area contributed by atoms with Gasteiger partial charge in [-0.2, -0.15) is 0 Å². The molecule has 0 spiro atoms. The van der Waals surface area contributed by atoms with Gasteiger partial charge in [-0.05, 0) is 48.9 Å². The molecule has 0 saturated carbocycles. The van der Waals surface area contributed by atoms with Crippen molar-refractivity contribution in [3.63, 3.8) is 0 Å². The standard InChI is InChI=1S/C21H19NOS/c1-16-7-11-18(12-8-16)21(23)22-19-13-9-17(10-14-19)15-24-20-5-3-2-4-6-20/h2-14H,15H2,1H3,(H,22,23). The molecule has 0 aromatic heterocycles. The first-order chi connectivity index (χ1) is 11.7. The zero-order chi connectivity index (χ0) is 16.8. The Balaban J connectivity index is 1.58. The fourth-order valence-corrected chi connectivity index (χ4v) is 3.15. The average molecular weight is 333 g/mol. The minimum Gasteiger partial charge on any atom is -0.322 e. The third-order valence-electron chi connectivity index (χ3n) is 3.67. The minimum absolute atomic E-state index is 0.0820. The van der Waals surface area contributed by atoms with Crippen LogP contribution in [0.1, 0.15) is 21.5 Å². The van der Waals surface area contributed by atoms with Crippen molar-refractivity contribution in [2.45, 2.75) is 17.6 Å². The first kappa shape index (κ1) is 16.3. The molecule has 2 nitrogen and oxygen atoms in total. The summed E-state index contributed by atoms with van der Waals surface area (Å²) in [5, 5.41) is 2.93. The second-order valence-corrected chi connectivity index (χ2v) is 6.67. The third kappa shape index (κ3) is 4.49. The highest BCUT2D eigenvalue weighted by atomic mass is 32.2. The maximum absolute atomic E-state index is 12.2. The minimum atomic E-state index is -0.0820. The van der Waals surface area contributed by atoms with Crippen molar-refractivity contribution in [1.29, 1.82) is 0 Å². The van der Waals surface area contributed by atoms with Crippen LogP contribution in [0, 0.1) is 6.92 Å². The van der Waals surface area contributed by atoms with Crippen LogP contribution < -0.4 is 5.32 Å². The predicted molar refractivity (Wildman–Crippen MR) is 102 cm³/mol. The van der Waals surface area contributed by atoms with Crippen LogP contribution in [0.2, 0.25) is 0 Å². The summed E-state index contributed by atoms with van der Waals surface area (Å²) in [6.07, 6.45) is 0. The Kier molecular flexibility index (Phi) is 5.34. The second-order valence-electron chi connectivity index (χ2n) is 5.62. The SMILES string of the molecule is Cc1ccc(C(=O)Nc2ccc(CSc3ccccc3)cc2)cc1. The van der Waals surface area contributed by atoms with E-state index in [0.29, 0.717) is 5.56 Å². The molecule has 3 aromatic rings. The molecular weight excluding hydrogens is 314 g/mol. The lowest BCUT2D eigenvalue weighted by Gasteiger charge is -2.07. The number of benzene rings is 3. The molecule has 0 aliphatic rings. The number of carbonyl (C=O) groups excluding carboxylic acids is 1. The van der Waals surface area contributed by atoms with Gasteiger partial charge in [0.05, 0.1) is 0 Å². The zero-order valence-corrected chi connectivity index (χ0v) is 14.3. The van der Waals surface area contributed by atoms with E-state index in [-0.39, 0.29) is 5.91 Å². The Labute approximate surface area is 146 Å². The first-order valence-electron chi connectivity index (χ1n) is 7.85. The smallest absolute Gasteiger partial charge is 0.255 e. The van der Waals surface area contributed by atoms with Crippen molar-refractivity contribution < 1.29 is 4.79 Å². The van der Waals surface area contributed by atoms with Crippen molar-refractivity contribution in [2.75, 3.05) is 5.32 Å². The molecule has 0 unspecified atom stereocenters.